The smallest absolute Gasteiger partial charge is 0.371 e. The third-order valence-corrected chi connectivity index (χ3v) is 3.32. The molecule has 0 spiro atoms. The Kier molecular flexibility index (Phi) is 3.69. The molecule has 0 fully saturated rings. The number of thiophene rings is 1. The van der Waals surface area contributed by atoms with Crippen LogP contribution < -0.4 is 5.32 Å². The molecule has 94 valence electrons. The maximum atomic E-state index is 11.6. The number of furan rings is 1. The van der Waals surface area contributed by atoms with E-state index in [1.165, 1.54) is 23.5 Å². The van der Waals surface area contributed by atoms with Crippen LogP contribution in [0.3, 0.4) is 0 Å². The Balaban J connectivity index is 1.97. The van der Waals surface area contributed by atoms with Crippen LogP contribution in [0.1, 0.15) is 26.0 Å². The van der Waals surface area contributed by atoms with Gasteiger partial charge in [-0.2, -0.15) is 0 Å². The van der Waals surface area contributed by atoms with E-state index in [-0.39, 0.29) is 11.5 Å². The number of hydrogen-bond acceptors (Lipinski definition) is 4. The first kappa shape index (κ1) is 12.7. The SMILES string of the molecule is O=C(O)c1ccc(C(=O)NCc2ccc(Cl)s2)o1. The van der Waals surface area contributed by atoms with Crippen molar-refractivity contribution < 1.29 is 19.1 Å². The molecular formula is C11H8ClNO4S. The van der Waals surface area contributed by atoms with Crippen LogP contribution in [0.2, 0.25) is 4.34 Å². The van der Waals surface area contributed by atoms with E-state index in [0.29, 0.717) is 10.9 Å². The molecule has 18 heavy (non-hydrogen) atoms. The summed E-state index contributed by atoms with van der Waals surface area (Å²) >= 11 is 7.11. The van der Waals surface area contributed by atoms with Gasteiger partial charge < -0.3 is 14.8 Å². The van der Waals surface area contributed by atoms with E-state index >= 15 is 0 Å². The van der Waals surface area contributed by atoms with Gasteiger partial charge in [-0.15, -0.1) is 11.3 Å². The second kappa shape index (κ2) is 5.24. The number of halogens is 1. The fraction of sp³-hybridized carbons (Fsp3) is 0.0909. The zero-order chi connectivity index (χ0) is 13.1. The first-order valence-corrected chi connectivity index (χ1v) is 6.11. The number of nitrogens with one attached hydrogen (secondary N) is 1. The monoisotopic (exact) mass is 285 g/mol. The van der Waals surface area contributed by atoms with Crippen molar-refractivity contribution in [1.82, 2.24) is 5.32 Å². The van der Waals surface area contributed by atoms with E-state index in [1.807, 2.05) is 0 Å². The average molecular weight is 286 g/mol. The summed E-state index contributed by atoms with van der Waals surface area (Å²) in [6.45, 7) is 0.319. The first-order valence-electron chi connectivity index (χ1n) is 4.92. The highest BCUT2D eigenvalue weighted by Gasteiger charge is 2.14. The third kappa shape index (κ3) is 2.91. The second-order valence-electron chi connectivity index (χ2n) is 3.36. The van der Waals surface area contributed by atoms with Crippen molar-refractivity contribution in [2.75, 3.05) is 0 Å². The minimum Gasteiger partial charge on any atom is -0.475 e. The lowest BCUT2D eigenvalue weighted by Crippen LogP contribution is -2.21. The predicted octanol–water partition coefficient (Wildman–Crippen LogP) is 2.62. The average Bonchev–Trinajstić information content (AvgIpc) is 2.94. The van der Waals surface area contributed by atoms with E-state index in [4.69, 9.17) is 21.1 Å². The molecule has 1 amide bonds. The fourth-order valence-corrected chi connectivity index (χ4v) is 2.30. The fourth-order valence-electron chi connectivity index (χ4n) is 1.28. The van der Waals surface area contributed by atoms with Crippen molar-refractivity contribution in [3.8, 4) is 0 Å². The van der Waals surface area contributed by atoms with Crippen LogP contribution in [0.4, 0.5) is 0 Å². The Morgan fingerprint density at radius 3 is 2.56 bits per heavy atom. The van der Waals surface area contributed by atoms with Crippen LogP contribution in [0, 0.1) is 0 Å². The summed E-state index contributed by atoms with van der Waals surface area (Å²) in [5.74, 6) is -1.97. The number of carboxylic acid groups (broad SMARTS) is 1. The molecule has 7 heteroatoms. The van der Waals surface area contributed by atoms with E-state index < -0.39 is 11.9 Å². The van der Waals surface area contributed by atoms with Crippen molar-refractivity contribution in [2.45, 2.75) is 6.54 Å². The van der Waals surface area contributed by atoms with Gasteiger partial charge in [0.05, 0.1) is 10.9 Å². The number of carboxylic acids is 1. The first-order chi connectivity index (χ1) is 8.56. The van der Waals surface area contributed by atoms with Crippen LogP contribution >= 0.6 is 22.9 Å². The molecule has 0 aliphatic rings. The molecule has 0 radical (unpaired) electrons. The van der Waals surface area contributed by atoms with Gasteiger partial charge in [0.2, 0.25) is 5.76 Å². The number of amides is 1. The molecule has 2 aromatic rings. The number of carbonyl (C=O) groups excluding carboxylic acids is 1. The quantitative estimate of drug-likeness (QED) is 0.905. The highest BCUT2D eigenvalue weighted by Crippen LogP contribution is 2.21. The molecule has 2 rings (SSSR count). The van der Waals surface area contributed by atoms with Crippen LogP contribution in [0.15, 0.2) is 28.7 Å². The summed E-state index contributed by atoms with van der Waals surface area (Å²) in [6, 6.07) is 6.10. The van der Waals surface area contributed by atoms with Gasteiger partial charge in [0.25, 0.3) is 5.91 Å². The largest absolute Gasteiger partial charge is 0.475 e. The lowest BCUT2D eigenvalue weighted by Gasteiger charge is -2.00. The minimum atomic E-state index is -1.21. The van der Waals surface area contributed by atoms with Crippen molar-refractivity contribution in [3.63, 3.8) is 0 Å². The molecule has 0 aliphatic carbocycles. The zero-order valence-corrected chi connectivity index (χ0v) is 10.5. The van der Waals surface area contributed by atoms with Crippen LogP contribution in [0.25, 0.3) is 0 Å². The lowest BCUT2D eigenvalue weighted by molar-refractivity contribution is 0.0659. The molecule has 0 aliphatic heterocycles. The van der Waals surface area contributed by atoms with Crippen LogP contribution in [-0.4, -0.2) is 17.0 Å². The highest BCUT2D eigenvalue weighted by atomic mass is 35.5. The lowest BCUT2D eigenvalue weighted by atomic mass is 10.4. The summed E-state index contributed by atoms with van der Waals surface area (Å²) in [5.41, 5.74) is 0. The van der Waals surface area contributed by atoms with Crippen molar-refractivity contribution in [1.29, 1.82) is 0 Å². The Morgan fingerprint density at radius 1 is 1.28 bits per heavy atom. The van der Waals surface area contributed by atoms with Crippen LogP contribution in [-0.2, 0) is 6.54 Å². The van der Waals surface area contributed by atoms with E-state index in [9.17, 15) is 9.59 Å². The molecule has 0 unspecified atom stereocenters. The molecular weight excluding hydrogens is 278 g/mol. The van der Waals surface area contributed by atoms with Gasteiger partial charge in [-0.25, -0.2) is 4.79 Å². The number of carbonyl (C=O) groups is 2. The Labute approximate surface area is 111 Å². The van der Waals surface area contributed by atoms with Gasteiger partial charge in [0.1, 0.15) is 0 Å². The van der Waals surface area contributed by atoms with Gasteiger partial charge in [-0.05, 0) is 24.3 Å². The Morgan fingerprint density at radius 2 is 2.00 bits per heavy atom. The number of rotatable bonds is 4. The zero-order valence-electron chi connectivity index (χ0n) is 8.97. The van der Waals surface area contributed by atoms with Crippen molar-refractivity contribution in [2.24, 2.45) is 0 Å². The molecule has 2 heterocycles. The van der Waals surface area contributed by atoms with Gasteiger partial charge in [0, 0.05) is 4.88 Å². The summed E-state index contributed by atoms with van der Waals surface area (Å²) in [7, 11) is 0. The number of hydrogen-bond donors (Lipinski definition) is 2. The Hall–Kier alpha value is -1.79. The summed E-state index contributed by atoms with van der Waals surface area (Å²) in [5, 5.41) is 11.3. The summed E-state index contributed by atoms with van der Waals surface area (Å²) in [6.07, 6.45) is 0. The molecule has 2 N–H and O–H groups in total. The molecule has 0 saturated carbocycles. The normalized spacial score (nSPS) is 10.3. The van der Waals surface area contributed by atoms with E-state index in [0.717, 1.165) is 4.88 Å². The van der Waals surface area contributed by atoms with Crippen LogP contribution in [0.5, 0.6) is 0 Å². The third-order valence-electron chi connectivity index (χ3n) is 2.09. The maximum Gasteiger partial charge on any atom is 0.371 e. The number of aromatic carboxylic acids is 1. The van der Waals surface area contributed by atoms with Crippen molar-refractivity contribution >= 4 is 34.8 Å². The summed E-state index contributed by atoms with van der Waals surface area (Å²) in [4.78, 5) is 23.1. The van der Waals surface area contributed by atoms with E-state index in [1.54, 1.807) is 12.1 Å². The minimum absolute atomic E-state index is 0.0324. The molecule has 2 aromatic heterocycles. The second-order valence-corrected chi connectivity index (χ2v) is 5.16. The van der Waals surface area contributed by atoms with Gasteiger partial charge in [0.15, 0.2) is 5.76 Å². The Bertz CT molecular complexity index is 589. The molecule has 0 aromatic carbocycles. The van der Waals surface area contributed by atoms with E-state index in [2.05, 4.69) is 5.32 Å². The van der Waals surface area contributed by atoms with Gasteiger partial charge >= 0.3 is 5.97 Å². The highest BCUT2D eigenvalue weighted by molar-refractivity contribution is 7.16. The molecule has 0 saturated heterocycles. The van der Waals surface area contributed by atoms with Gasteiger partial charge in [-0.3, -0.25) is 4.79 Å². The van der Waals surface area contributed by atoms with Gasteiger partial charge in [-0.1, -0.05) is 11.6 Å². The maximum absolute atomic E-state index is 11.6. The molecule has 5 nitrogen and oxygen atoms in total. The standard InChI is InChI=1S/C11H8ClNO4S/c12-9-4-1-6(18-9)5-13-10(14)7-2-3-8(17-7)11(15)16/h1-4H,5H2,(H,13,14)(H,15,16). The molecule has 0 atom stereocenters. The topological polar surface area (TPSA) is 79.5 Å². The predicted molar refractivity (Wildman–Crippen MR) is 66.2 cm³/mol. The molecule has 0 bridgehead atoms. The van der Waals surface area contributed by atoms with Crippen molar-refractivity contribution in [3.05, 3.63) is 45.0 Å². The summed E-state index contributed by atoms with van der Waals surface area (Å²) < 4.78 is 5.51.